The number of nitrogens with two attached hydrogens (primary N) is 2. The minimum Gasteiger partial charge on any atom is -0.504 e. The van der Waals surface area contributed by atoms with E-state index in [0.717, 1.165) is 47.0 Å². The van der Waals surface area contributed by atoms with E-state index in [1.807, 2.05) is 5.43 Å². The number of fused-ring (bicyclic) bond motifs is 1. The summed E-state index contributed by atoms with van der Waals surface area (Å²) in [6, 6.07) is 0.872. The van der Waals surface area contributed by atoms with Crippen LogP contribution in [0.1, 0.15) is 44.4 Å². The molecule has 9 N–H and O–H groups in total. The number of hydrogen-bond donors (Lipinski definition) is 7. The number of phenolic OH excluding ortho intramolecular Hbond substituents is 2. The van der Waals surface area contributed by atoms with E-state index < -0.39 is 74.3 Å². The number of anilines is 1. The number of rotatable bonds is 16. The molecule has 0 unspecified atom stereocenters. The SMILES string of the molecule is CC(C)(O/N=C(\C(=O)C[C@@H]1C(=O)N2C[C@](SCCCC(=O)/C(=N\NC(N)=O)c3cc(O)c(O)cc3Cl)(C(=O)O)S[C@H]12)c1csc(N)n1)C(=O)O. The van der Waals surface area contributed by atoms with Gasteiger partial charge in [-0.05, 0) is 32.1 Å². The number of carbonyl (C=O) groups excluding carboxylic acids is 4. The molecule has 1 aromatic heterocycles. The first-order chi connectivity index (χ1) is 23.4. The minimum atomic E-state index is -1.79. The molecule has 2 aliphatic heterocycles. The van der Waals surface area contributed by atoms with Gasteiger partial charge in [-0.1, -0.05) is 16.8 Å². The van der Waals surface area contributed by atoms with E-state index in [9.17, 15) is 49.2 Å². The van der Waals surface area contributed by atoms with Crippen LogP contribution in [0.25, 0.3) is 0 Å². The largest absolute Gasteiger partial charge is 0.504 e. The molecule has 22 heteroatoms. The number of thioether (sulfide) groups is 2. The van der Waals surface area contributed by atoms with Gasteiger partial charge in [0.15, 0.2) is 38.0 Å². The van der Waals surface area contributed by atoms with E-state index in [1.165, 1.54) is 24.1 Å². The van der Waals surface area contributed by atoms with Gasteiger partial charge in [-0.15, -0.1) is 34.9 Å². The predicted octanol–water partition coefficient (Wildman–Crippen LogP) is 1.80. The Hall–Kier alpha value is -4.60. The molecule has 3 heterocycles. The van der Waals surface area contributed by atoms with Crippen LogP contribution >= 0.6 is 46.5 Å². The average molecular weight is 772 g/mol. The smallest absolute Gasteiger partial charge is 0.350 e. The topological polar surface area (TPSA) is 297 Å². The number of Topliss-reactive ketones (excluding diaryl/α,β-unsaturated/α-hetero) is 2. The lowest BCUT2D eigenvalue weighted by atomic mass is 9.90. The quantitative estimate of drug-likeness (QED) is 0.0421. The van der Waals surface area contributed by atoms with Gasteiger partial charge in [-0.25, -0.2) is 24.8 Å². The fourth-order valence-electron chi connectivity index (χ4n) is 4.65. The standard InChI is InChI=1S/C28H30ClN7O11S3/c1-27(2,23(42)43)47-35-20(14-9-48-26(31)32-14)18(40)7-12-21(41)36-10-28(24(44)45,50-22(12)36)49-5-3-4-15(37)19(33-34-25(30)46)11-6-16(38)17(39)8-13(11)29/h6,8-9,12,22,38-39H,3-5,7,10H2,1-2H3,(H2,31,32)(H,42,43)(H,44,45)(H3,30,34,46)/b33-19-,35-20-/t12-,22-,28-/m1/s1. The van der Waals surface area contributed by atoms with E-state index in [1.54, 1.807) is 0 Å². The highest BCUT2D eigenvalue weighted by atomic mass is 35.5. The van der Waals surface area contributed by atoms with Crippen LogP contribution in [0.4, 0.5) is 9.93 Å². The summed E-state index contributed by atoms with van der Waals surface area (Å²) in [5.41, 5.74) is 10.1. The number of thiazole rings is 1. The highest BCUT2D eigenvalue weighted by Crippen LogP contribution is 2.55. The summed E-state index contributed by atoms with van der Waals surface area (Å²) in [4.78, 5) is 85.4. The maximum absolute atomic E-state index is 13.4. The van der Waals surface area contributed by atoms with Gasteiger partial charge in [0.2, 0.25) is 11.5 Å². The van der Waals surface area contributed by atoms with Crippen LogP contribution in [0, 0.1) is 5.92 Å². The van der Waals surface area contributed by atoms with Crippen molar-refractivity contribution in [1.82, 2.24) is 15.3 Å². The van der Waals surface area contributed by atoms with E-state index in [-0.39, 0.29) is 58.0 Å². The molecule has 3 atom stereocenters. The summed E-state index contributed by atoms with van der Waals surface area (Å²) >= 11 is 9.09. The molecule has 2 aliphatic rings. The maximum Gasteiger partial charge on any atom is 0.350 e. The van der Waals surface area contributed by atoms with Crippen LogP contribution in [0.5, 0.6) is 11.5 Å². The average Bonchev–Trinajstić information content (AvgIpc) is 3.62. The van der Waals surface area contributed by atoms with Gasteiger partial charge in [-0.3, -0.25) is 14.4 Å². The van der Waals surface area contributed by atoms with Crippen molar-refractivity contribution in [3.05, 3.63) is 33.8 Å². The predicted molar refractivity (Wildman–Crippen MR) is 183 cm³/mol. The molecule has 18 nitrogen and oxygen atoms in total. The summed E-state index contributed by atoms with van der Waals surface area (Å²) in [7, 11) is 0. The first kappa shape index (κ1) is 38.2. The summed E-state index contributed by atoms with van der Waals surface area (Å²) in [5, 5.41) is 47.3. The zero-order valence-electron chi connectivity index (χ0n) is 26.1. The monoisotopic (exact) mass is 771 g/mol. The van der Waals surface area contributed by atoms with Crippen molar-refractivity contribution in [3.8, 4) is 11.5 Å². The minimum absolute atomic E-state index is 0.0227. The number of phenols is 2. The number of amides is 3. The van der Waals surface area contributed by atoms with Gasteiger partial charge < -0.3 is 41.6 Å². The number of ketones is 2. The zero-order chi connectivity index (χ0) is 37.1. The Labute approximate surface area is 300 Å². The highest BCUT2D eigenvalue weighted by Gasteiger charge is 2.62. The molecule has 0 aliphatic carbocycles. The molecule has 0 spiro atoms. The third-order valence-electron chi connectivity index (χ3n) is 7.33. The van der Waals surface area contributed by atoms with Crippen LogP contribution in [-0.4, -0.2) is 105 Å². The van der Waals surface area contributed by atoms with Crippen molar-refractivity contribution in [1.29, 1.82) is 0 Å². The fourth-order valence-corrected chi connectivity index (χ4v) is 8.62. The maximum atomic E-state index is 13.4. The summed E-state index contributed by atoms with van der Waals surface area (Å²) in [5.74, 6) is -6.35. The molecule has 1 aromatic carbocycles. The van der Waals surface area contributed by atoms with E-state index in [4.69, 9.17) is 27.9 Å². The number of aromatic nitrogens is 1. The Bertz CT molecular complexity index is 1820. The molecule has 0 radical (unpaired) electrons. The number of oxime groups is 1. The Morgan fingerprint density at radius 2 is 1.86 bits per heavy atom. The van der Waals surface area contributed by atoms with Gasteiger partial charge >= 0.3 is 18.0 Å². The number of hydrogen-bond acceptors (Lipinski definition) is 16. The number of halogens is 1. The number of primary amides is 1. The Balaban J connectivity index is 1.43. The lowest BCUT2D eigenvalue weighted by Crippen LogP contribution is -2.57. The second kappa shape index (κ2) is 15.1. The Kier molecular flexibility index (Phi) is 11.5. The number of β-lactam (4-membered cyclic amide) rings is 1. The van der Waals surface area contributed by atoms with Crippen molar-refractivity contribution >= 4 is 98.5 Å². The molecule has 50 heavy (non-hydrogen) atoms. The highest BCUT2D eigenvalue weighted by molar-refractivity contribution is 8.19. The van der Waals surface area contributed by atoms with Gasteiger partial charge in [0.1, 0.15) is 11.4 Å². The van der Waals surface area contributed by atoms with Crippen molar-refractivity contribution in [3.63, 3.8) is 0 Å². The zero-order valence-corrected chi connectivity index (χ0v) is 29.3. The number of nitrogens with zero attached hydrogens (tertiary/aromatic N) is 4. The van der Waals surface area contributed by atoms with Gasteiger partial charge in [-0.2, -0.15) is 5.10 Å². The molecule has 2 saturated heterocycles. The molecule has 2 aromatic rings. The lowest BCUT2D eigenvalue weighted by Gasteiger charge is -2.41. The second-order valence-electron chi connectivity index (χ2n) is 11.3. The summed E-state index contributed by atoms with van der Waals surface area (Å²) < 4.78 is -1.54. The van der Waals surface area contributed by atoms with Crippen molar-refractivity contribution in [2.75, 3.05) is 18.0 Å². The number of carbonyl (C=O) groups is 6. The third kappa shape index (κ3) is 8.22. The number of nitrogen functional groups attached to an aromatic ring is 1. The molecular weight excluding hydrogens is 742 g/mol. The molecule has 4 rings (SSSR count). The van der Waals surface area contributed by atoms with Gasteiger partial charge in [0, 0.05) is 29.9 Å². The number of aromatic hydroxyl groups is 2. The van der Waals surface area contributed by atoms with E-state index >= 15 is 0 Å². The molecule has 268 valence electrons. The molecule has 0 saturated carbocycles. The number of benzene rings is 1. The number of carboxylic acid groups (broad SMARTS) is 2. The summed E-state index contributed by atoms with van der Waals surface area (Å²) in [6.07, 6.45) is -0.496. The molecule has 3 amide bonds. The Morgan fingerprint density at radius 3 is 2.46 bits per heavy atom. The normalized spacial score (nSPS) is 20.5. The second-order valence-corrected chi connectivity index (χ2v) is 15.7. The van der Waals surface area contributed by atoms with E-state index in [2.05, 4.69) is 15.2 Å². The van der Waals surface area contributed by atoms with Crippen LogP contribution in [0.15, 0.2) is 27.8 Å². The first-order valence-corrected chi connectivity index (χ1v) is 17.5. The van der Waals surface area contributed by atoms with Crippen LogP contribution in [0.3, 0.4) is 0 Å². The number of aliphatic carboxylic acids is 2. The molecular formula is C28H30ClN7O11S3. The van der Waals surface area contributed by atoms with Crippen LogP contribution < -0.4 is 16.9 Å². The van der Waals surface area contributed by atoms with E-state index in [0.29, 0.717) is 0 Å². The Morgan fingerprint density at radius 1 is 1.18 bits per heavy atom. The van der Waals surface area contributed by atoms with Crippen LogP contribution in [-0.2, 0) is 28.8 Å². The number of carboxylic acids is 2. The van der Waals surface area contributed by atoms with Crippen molar-refractivity contribution in [2.24, 2.45) is 21.9 Å². The number of urea groups is 1. The third-order valence-corrected chi connectivity index (χ3v) is 11.7. The van der Waals surface area contributed by atoms with Gasteiger partial charge in [0.25, 0.3) is 0 Å². The molecule has 0 bridgehead atoms. The fraction of sp³-hybridized carbons (Fsp3) is 0.393. The van der Waals surface area contributed by atoms with Crippen molar-refractivity contribution in [2.45, 2.75) is 48.2 Å². The number of hydrazone groups is 1. The van der Waals surface area contributed by atoms with Gasteiger partial charge in [0.05, 0.1) is 22.9 Å². The van der Waals surface area contributed by atoms with Crippen molar-refractivity contribution < 1.29 is 54.0 Å². The lowest BCUT2D eigenvalue weighted by molar-refractivity contribution is -0.161. The van der Waals surface area contributed by atoms with Crippen LogP contribution in [0.2, 0.25) is 5.02 Å². The first-order valence-electron chi connectivity index (χ1n) is 14.3. The molecule has 2 fully saturated rings. The number of nitrogens with one attached hydrogen (secondary N) is 1. The summed E-state index contributed by atoms with van der Waals surface area (Å²) in [6.45, 7) is 2.27.